The van der Waals surface area contributed by atoms with Gasteiger partial charge >= 0.3 is 11.9 Å². The zero-order valence-electron chi connectivity index (χ0n) is 28.2. The summed E-state index contributed by atoms with van der Waals surface area (Å²) < 4.78 is 46.4. The number of quaternary nitrogens is 1. The Bertz CT molecular complexity index is 1180. The van der Waals surface area contributed by atoms with Gasteiger partial charge < -0.3 is 18.5 Å². The molecule has 6 fully saturated rings. The minimum atomic E-state index is -4.92. The minimum Gasteiger partial charge on any atom is -0.726 e. The zero-order chi connectivity index (χ0) is 32.8. The summed E-state index contributed by atoms with van der Waals surface area (Å²) in [5.41, 5.74) is 0.377. The Labute approximate surface area is 271 Å². The zero-order valence-corrected chi connectivity index (χ0v) is 29.1. The van der Waals surface area contributed by atoms with Crippen molar-refractivity contribution in [1.82, 2.24) is 4.90 Å². The average molecular weight is 655 g/mol. The van der Waals surface area contributed by atoms with Gasteiger partial charge in [0, 0.05) is 31.7 Å². The lowest BCUT2D eigenvalue weighted by molar-refractivity contribution is -0.940. The van der Waals surface area contributed by atoms with Crippen molar-refractivity contribution in [1.29, 1.82) is 0 Å². The Balaban J connectivity index is 0.000000743. The maximum atomic E-state index is 12.5. The highest BCUT2D eigenvalue weighted by molar-refractivity contribution is 7.79. The van der Waals surface area contributed by atoms with Crippen molar-refractivity contribution >= 4 is 22.3 Å². The highest BCUT2D eigenvalue weighted by Crippen LogP contribution is 2.67. The van der Waals surface area contributed by atoms with Crippen molar-refractivity contribution in [3.8, 4) is 0 Å². The van der Waals surface area contributed by atoms with Gasteiger partial charge in [0.25, 0.3) is 0 Å². The van der Waals surface area contributed by atoms with Crippen molar-refractivity contribution in [2.45, 2.75) is 135 Å². The summed E-state index contributed by atoms with van der Waals surface area (Å²) in [6.45, 7) is 13.1. The Morgan fingerprint density at radius 1 is 0.867 bits per heavy atom. The molecule has 0 amide bonds. The lowest BCUT2D eigenvalue weighted by Gasteiger charge is -2.62. The smallest absolute Gasteiger partial charge is 0.303 e. The molecule has 0 aromatic heterocycles. The largest absolute Gasteiger partial charge is 0.726 e. The molecule has 6 aliphatic rings. The second kappa shape index (κ2) is 13.3. The third kappa shape index (κ3) is 7.27. The number of likely N-dealkylation sites (N-methyl/N-ethyl adjacent to an activating group) is 1. The molecular formula is C34H58N2O8S. The summed E-state index contributed by atoms with van der Waals surface area (Å²) in [7, 11) is -2.45. The molecule has 0 aromatic carbocycles. The summed E-state index contributed by atoms with van der Waals surface area (Å²) in [6.07, 6.45) is 16.3. The van der Waals surface area contributed by atoms with Crippen LogP contribution in [0.1, 0.15) is 111 Å². The van der Waals surface area contributed by atoms with Crippen LogP contribution in [0.25, 0.3) is 0 Å². The fraction of sp³-hybridized carbons (Fsp3) is 0.941. The summed E-state index contributed by atoms with van der Waals surface area (Å²) in [5, 5.41) is 0. The van der Waals surface area contributed by atoms with Crippen LogP contribution in [-0.4, -0.2) is 96.4 Å². The van der Waals surface area contributed by atoms with E-state index in [4.69, 9.17) is 27.0 Å². The quantitative estimate of drug-likeness (QED) is 0.193. The van der Waals surface area contributed by atoms with Crippen molar-refractivity contribution in [3.63, 3.8) is 0 Å². The van der Waals surface area contributed by atoms with E-state index < -0.39 is 10.4 Å². The van der Waals surface area contributed by atoms with Crippen molar-refractivity contribution in [2.24, 2.45) is 34.5 Å². The van der Waals surface area contributed by atoms with Gasteiger partial charge in [-0.3, -0.25) is 19.0 Å². The maximum Gasteiger partial charge on any atom is 0.303 e. The lowest BCUT2D eigenvalue weighted by Crippen LogP contribution is -2.61. The molecule has 1 N–H and O–H groups in total. The number of carbonyl (C=O) groups excluding carboxylic acids is 2. The summed E-state index contributed by atoms with van der Waals surface area (Å²) >= 11 is 0. The van der Waals surface area contributed by atoms with Crippen molar-refractivity contribution < 1.29 is 41.1 Å². The van der Waals surface area contributed by atoms with Crippen LogP contribution in [0.3, 0.4) is 0 Å². The number of fused-ring (bicyclic) bond motifs is 5. The first-order chi connectivity index (χ1) is 21.0. The van der Waals surface area contributed by atoms with Gasteiger partial charge in [0.2, 0.25) is 10.4 Å². The van der Waals surface area contributed by atoms with Crippen LogP contribution >= 0.6 is 0 Å². The van der Waals surface area contributed by atoms with E-state index >= 15 is 0 Å². The van der Waals surface area contributed by atoms with Crippen LogP contribution in [0, 0.1) is 34.5 Å². The Kier molecular flexibility index (Phi) is 10.4. The van der Waals surface area contributed by atoms with Gasteiger partial charge in [0.1, 0.15) is 12.1 Å². The topological polar surface area (TPSA) is 133 Å². The van der Waals surface area contributed by atoms with Crippen LogP contribution in [0.5, 0.6) is 0 Å². The predicted molar refractivity (Wildman–Crippen MR) is 169 cm³/mol. The Morgan fingerprint density at radius 3 is 2.07 bits per heavy atom. The number of hydrogen-bond acceptors (Lipinski definition) is 8. The van der Waals surface area contributed by atoms with E-state index in [1.165, 1.54) is 90.1 Å². The number of carbonyl (C=O) groups is 2. The fourth-order valence-electron chi connectivity index (χ4n) is 11.7. The van der Waals surface area contributed by atoms with Crippen LogP contribution in [0.4, 0.5) is 0 Å². The molecule has 0 aromatic rings. The lowest BCUT2D eigenvalue weighted by atomic mass is 9.44. The molecular weight excluding hydrogens is 596 g/mol. The molecule has 4 unspecified atom stereocenters. The number of ether oxygens (including phenoxy) is 2. The molecule has 4 aliphatic carbocycles. The molecule has 45 heavy (non-hydrogen) atoms. The van der Waals surface area contributed by atoms with E-state index in [2.05, 4.69) is 25.8 Å². The third-order valence-corrected chi connectivity index (χ3v) is 13.7. The van der Waals surface area contributed by atoms with Gasteiger partial charge in [0.05, 0.1) is 20.1 Å². The Morgan fingerprint density at radius 2 is 1.47 bits per heavy atom. The van der Waals surface area contributed by atoms with E-state index in [0.717, 1.165) is 29.9 Å². The maximum absolute atomic E-state index is 12.5. The van der Waals surface area contributed by atoms with Gasteiger partial charge in [0.15, 0.2) is 6.10 Å². The van der Waals surface area contributed by atoms with Crippen molar-refractivity contribution in [2.75, 3.05) is 33.2 Å². The molecule has 0 bridgehead atoms. The molecule has 258 valence electrons. The number of nitrogens with zero attached hydrogens (tertiary/aromatic N) is 2. The van der Waals surface area contributed by atoms with Crippen LogP contribution in [0.15, 0.2) is 0 Å². The monoisotopic (exact) mass is 654 g/mol. The van der Waals surface area contributed by atoms with Gasteiger partial charge in [-0.15, -0.1) is 0 Å². The van der Waals surface area contributed by atoms with Gasteiger partial charge in [-0.2, -0.15) is 0 Å². The molecule has 11 heteroatoms. The molecule has 0 spiro atoms. The van der Waals surface area contributed by atoms with Gasteiger partial charge in [-0.05, 0) is 113 Å². The summed E-state index contributed by atoms with van der Waals surface area (Å²) in [5.74, 6) is 2.50. The van der Waals surface area contributed by atoms with Gasteiger partial charge in [-0.1, -0.05) is 20.3 Å². The second-order valence-corrected chi connectivity index (χ2v) is 17.1. The SMILES string of the molecule is CC(=O)O[C@H]1CC2CCC3C(CC[C@@]4(C)C3C[C@H]([N+]3(C)CCCCC3)[C@@H]4OC(C)=O)[C@@]2(C)C[C@@H]1N1CCCCC1.O=S(=O)([O-])O. The van der Waals surface area contributed by atoms with E-state index in [1.807, 2.05) is 0 Å². The number of rotatable bonds is 4. The van der Waals surface area contributed by atoms with Crippen LogP contribution < -0.4 is 0 Å². The Hall–Kier alpha value is -1.27. The first-order valence-electron chi connectivity index (χ1n) is 17.7. The first kappa shape index (κ1) is 35.0. The summed E-state index contributed by atoms with van der Waals surface area (Å²) in [6, 6.07) is 0.796. The predicted octanol–water partition coefficient (Wildman–Crippen LogP) is 4.97. The fourth-order valence-corrected chi connectivity index (χ4v) is 11.7. The average Bonchev–Trinajstić information content (AvgIpc) is 3.25. The number of likely N-dealkylation sites (tertiary alicyclic amines) is 2. The molecule has 10 nitrogen and oxygen atoms in total. The van der Waals surface area contributed by atoms with E-state index in [-0.39, 0.29) is 29.6 Å². The van der Waals surface area contributed by atoms with E-state index in [0.29, 0.717) is 35.3 Å². The number of piperidine rings is 2. The molecule has 0 radical (unpaired) electrons. The van der Waals surface area contributed by atoms with Crippen molar-refractivity contribution in [3.05, 3.63) is 0 Å². The molecule has 2 saturated heterocycles. The molecule has 2 aliphatic heterocycles. The van der Waals surface area contributed by atoms with Gasteiger partial charge in [-0.25, -0.2) is 8.42 Å². The van der Waals surface area contributed by atoms with E-state index in [1.54, 1.807) is 13.8 Å². The molecule has 10 atom stereocenters. The molecule has 6 rings (SSSR count). The first-order valence-corrected chi connectivity index (χ1v) is 19.0. The normalized spacial score (nSPS) is 43.0. The number of hydrogen-bond donors (Lipinski definition) is 1. The van der Waals surface area contributed by atoms with Crippen LogP contribution in [-0.2, 0) is 29.5 Å². The highest BCUT2D eigenvalue weighted by Gasteiger charge is 2.67. The third-order valence-electron chi connectivity index (χ3n) is 13.7. The molecule has 4 saturated carbocycles. The minimum absolute atomic E-state index is 0.0466. The summed E-state index contributed by atoms with van der Waals surface area (Å²) in [4.78, 5) is 27.4. The highest BCUT2D eigenvalue weighted by atomic mass is 32.3. The standard InChI is InChI=1S/C34H57N2O4.H2O4S/c1-23(37)39-31-20-25-12-13-26-27(34(25,4)22-29(31)35-16-8-6-9-17-35)14-15-33(3)28(26)21-30(32(33)40-24(2)38)36(5)18-10-7-11-19-36;1-5(2,3)4/h25-32H,6-22H2,1-5H3;(H2,1,2,3,4)/q+1;/p-1/t25?,26?,27?,28?,29-,30-,31-,32-,33-,34-;/m0./s1. The number of esters is 2. The van der Waals surface area contributed by atoms with E-state index in [9.17, 15) is 9.59 Å². The van der Waals surface area contributed by atoms with Crippen LogP contribution in [0.2, 0.25) is 0 Å². The second-order valence-electron chi connectivity index (χ2n) is 16.2. The molecule has 2 heterocycles.